The zero-order valence-electron chi connectivity index (χ0n) is 9.64. The van der Waals surface area contributed by atoms with Gasteiger partial charge in [-0.3, -0.25) is 0 Å². The number of methoxy groups -OCH3 is 1. The lowest BCUT2D eigenvalue weighted by Crippen LogP contribution is -1.91. The Labute approximate surface area is 108 Å². The third kappa shape index (κ3) is 2.89. The molecule has 0 spiro atoms. The lowest BCUT2D eigenvalue weighted by molar-refractivity contribution is 0.416. The van der Waals surface area contributed by atoms with E-state index in [1.54, 1.807) is 18.9 Å². The van der Waals surface area contributed by atoms with Gasteiger partial charge in [-0.1, -0.05) is 18.7 Å². The van der Waals surface area contributed by atoms with Gasteiger partial charge in [0.05, 0.1) is 12.8 Å². The SMILES string of the molecule is CCc1nsc(Sc2ccc(N)c(OC)c2)n1. The van der Waals surface area contributed by atoms with Crippen LogP contribution >= 0.6 is 23.3 Å². The molecule has 0 unspecified atom stereocenters. The molecule has 0 amide bonds. The summed E-state index contributed by atoms with van der Waals surface area (Å²) in [5, 5.41) is 0. The van der Waals surface area contributed by atoms with Crippen LogP contribution < -0.4 is 10.5 Å². The monoisotopic (exact) mass is 267 g/mol. The molecule has 17 heavy (non-hydrogen) atoms. The Bertz CT molecular complexity index is 513. The molecule has 0 aliphatic heterocycles. The van der Waals surface area contributed by atoms with E-state index in [1.165, 1.54) is 11.5 Å². The van der Waals surface area contributed by atoms with E-state index in [1.807, 2.05) is 25.1 Å². The lowest BCUT2D eigenvalue weighted by atomic mass is 10.3. The van der Waals surface area contributed by atoms with Gasteiger partial charge in [0.25, 0.3) is 0 Å². The fourth-order valence-electron chi connectivity index (χ4n) is 1.28. The van der Waals surface area contributed by atoms with Crippen LogP contribution in [0.4, 0.5) is 5.69 Å². The number of benzene rings is 1. The number of anilines is 1. The Morgan fingerprint density at radius 3 is 2.94 bits per heavy atom. The van der Waals surface area contributed by atoms with Crippen molar-refractivity contribution in [2.45, 2.75) is 22.6 Å². The van der Waals surface area contributed by atoms with Crippen LogP contribution in [0.15, 0.2) is 27.4 Å². The van der Waals surface area contributed by atoms with Gasteiger partial charge in [0.2, 0.25) is 0 Å². The molecule has 4 nitrogen and oxygen atoms in total. The number of aryl methyl sites for hydroxylation is 1. The van der Waals surface area contributed by atoms with Crippen molar-refractivity contribution >= 4 is 29.0 Å². The molecular formula is C11H13N3OS2. The maximum atomic E-state index is 5.76. The summed E-state index contributed by atoms with van der Waals surface area (Å²) in [5.74, 6) is 1.58. The summed E-state index contributed by atoms with van der Waals surface area (Å²) in [4.78, 5) is 5.45. The molecule has 1 heterocycles. The van der Waals surface area contributed by atoms with Gasteiger partial charge in [-0.2, -0.15) is 4.37 Å². The average Bonchev–Trinajstić information content (AvgIpc) is 2.79. The van der Waals surface area contributed by atoms with Gasteiger partial charge in [0.15, 0.2) is 4.34 Å². The fourth-order valence-corrected chi connectivity index (χ4v) is 2.98. The third-order valence-electron chi connectivity index (χ3n) is 2.18. The first-order valence-corrected chi connectivity index (χ1v) is 6.76. The Morgan fingerprint density at radius 2 is 2.29 bits per heavy atom. The quantitative estimate of drug-likeness (QED) is 0.863. The van der Waals surface area contributed by atoms with E-state index in [0.29, 0.717) is 11.4 Å². The largest absolute Gasteiger partial charge is 0.495 e. The van der Waals surface area contributed by atoms with Gasteiger partial charge in [-0.05, 0) is 29.7 Å². The Hall–Kier alpha value is -1.27. The second-order valence-corrected chi connectivity index (χ2v) is 5.41. The van der Waals surface area contributed by atoms with E-state index in [-0.39, 0.29) is 0 Å². The van der Waals surface area contributed by atoms with E-state index < -0.39 is 0 Å². The van der Waals surface area contributed by atoms with Gasteiger partial charge < -0.3 is 10.5 Å². The molecule has 0 saturated carbocycles. The van der Waals surface area contributed by atoms with Gasteiger partial charge in [-0.15, -0.1) is 0 Å². The van der Waals surface area contributed by atoms with Crippen LogP contribution in [0.3, 0.4) is 0 Å². The van der Waals surface area contributed by atoms with Crippen LogP contribution in [-0.4, -0.2) is 16.5 Å². The van der Waals surface area contributed by atoms with E-state index in [4.69, 9.17) is 10.5 Å². The summed E-state index contributed by atoms with van der Waals surface area (Å²) in [5.41, 5.74) is 6.40. The van der Waals surface area contributed by atoms with Crippen molar-refractivity contribution in [3.63, 3.8) is 0 Å². The molecule has 0 fully saturated rings. The molecule has 1 aromatic carbocycles. The molecule has 0 aliphatic rings. The summed E-state index contributed by atoms with van der Waals surface area (Å²) in [6, 6.07) is 5.70. The molecule has 6 heteroatoms. The molecule has 0 saturated heterocycles. The first-order chi connectivity index (χ1) is 8.22. The third-order valence-corrected chi connectivity index (χ3v) is 3.95. The van der Waals surface area contributed by atoms with Crippen LogP contribution in [-0.2, 0) is 6.42 Å². The molecule has 1 aromatic heterocycles. The number of aromatic nitrogens is 2. The Morgan fingerprint density at radius 1 is 1.47 bits per heavy atom. The maximum Gasteiger partial charge on any atom is 0.174 e. The van der Waals surface area contributed by atoms with Crippen LogP contribution in [0.5, 0.6) is 5.75 Å². The minimum Gasteiger partial charge on any atom is -0.495 e. The van der Waals surface area contributed by atoms with E-state index >= 15 is 0 Å². The van der Waals surface area contributed by atoms with Crippen LogP contribution in [0, 0.1) is 0 Å². The highest BCUT2D eigenvalue weighted by atomic mass is 32.2. The molecule has 2 rings (SSSR count). The van der Waals surface area contributed by atoms with Crippen molar-refractivity contribution in [2.75, 3.05) is 12.8 Å². The van der Waals surface area contributed by atoms with Crippen molar-refractivity contribution in [3.05, 3.63) is 24.0 Å². The number of hydrogen-bond donors (Lipinski definition) is 1. The Kier molecular flexibility index (Phi) is 3.86. The van der Waals surface area contributed by atoms with E-state index in [2.05, 4.69) is 9.36 Å². The lowest BCUT2D eigenvalue weighted by Gasteiger charge is -2.05. The standard InChI is InChI=1S/C11H13N3OS2/c1-3-10-13-11(17-14-10)16-7-4-5-8(12)9(6-7)15-2/h4-6H,3,12H2,1-2H3. The molecule has 2 N–H and O–H groups in total. The predicted molar refractivity (Wildman–Crippen MR) is 70.8 cm³/mol. The molecule has 0 atom stereocenters. The first-order valence-electron chi connectivity index (χ1n) is 5.17. The highest BCUT2D eigenvalue weighted by molar-refractivity contribution is 8.01. The smallest absolute Gasteiger partial charge is 0.174 e. The zero-order chi connectivity index (χ0) is 12.3. The number of nitrogens with two attached hydrogens (primary N) is 1. The Balaban J connectivity index is 2.18. The summed E-state index contributed by atoms with van der Waals surface area (Å²) in [6.45, 7) is 2.04. The second kappa shape index (κ2) is 5.37. The molecule has 0 bridgehead atoms. The highest BCUT2D eigenvalue weighted by Crippen LogP contribution is 2.33. The van der Waals surface area contributed by atoms with Crippen molar-refractivity contribution < 1.29 is 4.74 Å². The summed E-state index contributed by atoms with van der Waals surface area (Å²) < 4.78 is 10.4. The van der Waals surface area contributed by atoms with Gasteiger partial charge >= 0.3 is 0 Å². The van der Waals surface area contributed by atoms with Gasteiger partial charge in [-0.25, -0.2) is 4.98 Å². The maximum absolute atomic E-state index is 5.76. The summed E-state index contributed by atoms with van der Waals surface area (Å²) in [6.07, 6.45) is 0.863. The average molecular weight is 267 g/mol. The number of nitrogen functional groups attached to an aromatic ring is 1. The molecule has 2 aromatic rings. The molecule has 90 valence electrons. The van der Waals surface area contributed by atoms with Crippen molar-refractivity contribution in [1.82, 2.24) is 9.36 Å². The van der Waals surface area contributed by atoms with Crippen LogP contribution in [0.1, 0.15) is 12.7 Å². The number of ether oxygens (including phenoxy) is 1. The van der Waals surface area contributed by atoms with Gasteiger partial charge in [0.1, 0.15) is 11.6 Å². The highest BCUT2D eigenvalue weighted by Gasteiger charge is 2.07. The second-order valence-electron chi connectivity index (χ2n) is 3.34. The minimum absolute atomic E-state index is 0.642. The summed E-state index contributed by atoms with van der Waals surface area (Å²) >= 11 is 2.99. The van der Waals surface area contributed by atoms with Crippen molar-refractivity contribution in [2.24, 2.45) is 0 Å². The van der Waals surface area contributed by atoms with Gasteiger partial charge in [0, 0.05) is 11.3 Å². The van der Waals surface area contributed by atoms with Crippen LogP contribution in [0.2, 0.25) is 0 Å². The molecule has 0 radical (unpaired) electrons. The number of hydrogen-bond acceptors (Lipinski definition) is 6. The van der Waals surface area contributed by atoms with E-state index in [9.17, 15) is 0 Å². The topological polar surface area (TPSA) is 61.0 Å². The number of nitrogens with zero attached hydrogens (tertiary/aromatic N) is 2. The minimum atomic E-state index is 0.642. The van der Waals surface area contributed by atoms with Crippen molar-refractivity contribution in [1.29, 1.82) is 0 Å². The van der Waals surface area contributed by atoms with Crippen LogP contribution in [0.25, 0.3) is 0 Å². The first kappa shape index (κ1) is 12.2. The number of rotatable bonds is 4. The zero-order valence-corrected chi connectivity index (χ0v) is 11.3. The normalized spacial score (nSPS) is 10.5. The fraction of sp³-hybridized carbons (Fsp3) is 0.273. The predicted octanol–water partition coefficient (Wildman–Crippen LogP) is 2.84. The summed E-state index contributed by atoms with van der Waals surface area (Å²) in [7, 11) is 1.61. The van der Waals surface area contributed by atoms with E-state index in [0.717, 1.165) is 21.5 Å². The molecule has 0 aliphatic carbocycles. The molecular weight excluding hydrogens is 254 g/mol. The van der Waals surface area contributed by atoms with Crippen molar-refractivity contribution in [3.8, 4) is 5.75 Å².